The van der Waals surface area contributed by atoms with E-state index in [1.807, 2.05) is 45.9 Å². The second-order valence-corrected chi connectivity index (χ2v) is 5.36. The van der Waals surface area contributed by atoms with Crippen LogP contribution in [0.2, 0.25) is 5.02 Å². The number of hydrogen-bond acceptors (Lipinski definition) is 2. The Hall–Kier alpha value is -1.61. The molecule has 0 unspecified atom stereocenters. The molecule has 0 radical (unpaired) electrons. The fraction of sp³-hybridized carbons (Fsp3) is 0.333. The van der Waals surface area contributed by atoms with Crippen LogP contribution in [-0.2, 0) is 0 Å². The molecule has 1 aromatic carbocycles. The topological polar surface area (TPSA) is 34.9 Å². The molecule has 0 spiro atoms. The summed E-state index contributed by atoms with van der Waals surface area (Å²) < 4.78 is 1.67. The number of halogens is 1. The molecule has 0 aliphatic rings. The van der Waals surface area contributed by atoms with Gasteiger partial charge in [0.2, 0.25) is 5.78 Å². The quantitative estimate of drug-likeness (QED) is 0.795. The predicted octanol–water partition coefficient (Wildman–Crippen LogP) is 3.97. The molecule has 0 N–H and O–H groups in total. The minimum atomic E-state index is -0.0719. The molecule has 0 atom stereocenters. The number of benzene rings is 1. The fourth-order valence-corrected chi connectivity index (χ4v) is 2.29. The van der Waals surface area contributed by atoms with Crippen molar-refractivity contribution in [1.29, 1.82) is 0 Å². The Morgan fingerprint density at radius 2 is 2.00 bits per heavy atom. The maximum atomic E-state index is 12.7. The molecule has 100 valence electrons. The Bertz CT molecular complexity index is 629. The first-order valence-corrected chi connectivity index (χ1v) is 6.65. The summed E-state index contributed by atoms with van der Waals surface area (Å²) in [6, 6.07) is 5.81. The van der Waals surface area contributed by atoms with E-state index in [2.05, 4.69) is 5.10 Å². The van der Waals surface area contributed by atoms with E-state index in [4.69, 9.17) is 11.6 Å². The Labute approximate surface area is 118 Å². The molecule has 0 amide bonds. The Morgan fingerprint density at radius 1 is 1.32 bits per heavy atom. The normalized spacial score (nSPS) is 11.1. The van der Waals surface area contributed by atoms with Crippen molar-refractivity contribution in [2.24, 2.45) is 0 Å². The van der Waals surface area contributed by atoms with Crippen LogP contribution < -0.4 is 0 Å². The standard InChI is InChI=1S/C15H17ClN2O/c1-9(2)18-14(13(16)8-17-18)15(19)12-7-5-6-10(3)11(12)4/h5-9H,1-4H3. The Balaban J connectivity index is 2.56. The summed E-state index contributed by atoms with van der Waals surface area (Å²) in [6.45, 7) is 7.90. The van der Waals surface area contributed by atoms with Gasteiger partial charge in [-0.3, -0.25) is 9.48 Å². The molecule has 0 saturated heterocycles. The number of carbonyl (C=O) groups excluding carboxylic acids is 1. The van der Waals surface area contributed by atoms with Crippen LogP contribution in [0.3, 0.4) is 0 Å². The molecular formula is C15H17ClN2O. The number of aryl methyl sites for hydroxylation is 1. The van der Waals surface area contributed by atoms with E-state index in [9.17, 15) is 4.79 Å². The molecule has 0 bridgehead atoms. The largest absolute Gasteiger partial charge is 0.287 e. The number of hydrogen-bond donors (Lipinski definition) is 0. The van der Waals surface area contributed by atoms with E-state index >= 15 is 0 Å². The van der Waals surface area contributed by atoms with Gasteiger partial charge in [0.05, 0.1) is 11.2 Å². The fourth-order valence-electron chi connectivity index (χ4n) is 2.07. The maximum absolute atomic E-state index is 12.7. The van der Waals surface area contributed by atoms with Crippen LogP contribution in [-0.4, -0.2) is 15.6 Å². The average Bonchev–Trinajstić information content (AvgIpc) is 2.74. The zero-order valence-electron chi connectivity index (χ0n) is 11.6. The SMILES string of the molecule is Cc1cccc(C(=O)c2c(Cl)cnn2C(C)C)c1C. The Morgan fingerprint density at radius 3 is 2.63 bits per heavy atom. The molecule has 4 heteroatoms. The van der Waals surface area contributed by atoms with Crippen LogP contribution in [0.25, 0.3) is 0 Å². The van der Waals surface area contributed by atoms with Gasteiger partial charge in [0, 0.05) is 11.6 Å². The second kappa shape index (κ2) is 5.17. The van der Waals surface area contributed by atoms with Gasteiger partial charge in [-0.15, -0.1) is 0 Å². The summed E-state index contributed by atoms with van der Waals surface area (Å²) >= 11 is 6.12. The molecule has 1 aromatic heterocycles. The van der Waals surface area contributed by atoms with Crippen LogP contribution in [0.4, 0.5) is 0 Å². The summed E-state index contributed by atoms with van der Waals surface area (Å²) in [5, 5.41) is 4.58. The molecule has 0 saturated carbocycles. The number of ketones is 1. The van der Waals surface area contributed by atoms with E-state index < -0.39 is 0 Å². The monoisotopic (exact) mass is 276 g/mol. The first kappa shape index (κ1) is 13.8. The van der Waals surface area contributed by atoms with Gasteiger partial charge >= 0.3 is 0 Å². The van der Waals surface area contributed by atoms with Crippen molar-refractivity contribution in [3.8, 4) is 0 Å². The number of aromatic nitrogens is 2. The molecule has 2 aromatic rings. The summed E-state index contributed by atoms with van der Waals surface area (Å²) in [4.78, 5) is 12.7. The zero-order chi connectivity index (χ0) is 14.2. The van der Waals surface area contributed by atoms with Crippen LogP contribution in [0.15, 0.2) is 24.4 Å². The van der Waals surface area contributed by atoms with Gasteiger partial charge in [-0.2, -0.15) is 5.10 Å². The Kier molecular flexibility index (Phi) is 3.76. The smallest absolute Gasteiger partial charge is 0.212 e. The van der Waals surface area contributed by atoms with Gasteiger partial charge in [-0.05, 0) is 38.8 Å². The minimum absolute atomic E-state index is 0.0719. The lowest BCUT2D eigenvalue weighted by Gasteiger charge is -2.12. The highest BCUT2D eigenvalue weighted by atomic mass is 35.5. The van der Waals surface area contributed by atoms with E-state index in [1.165, 1.54) is 6.20 Å². The van der Waals surface area contributed by atoms with Crippen molar-refractivity contribution < 1.29 is 4.79 Å². The van der Waals surface area contributed by atoms with Crippen molar-refractivity contribution in [2.45, 2.75) is 33.7 Å². The lowest BCUT2D eigenvalue weighted by atomic mass is 9.98. The van der Waals surface area contributed by atoms with E-state index in [1.54, 1.807) is 4.68 Å². The average molecular weight is 277 g/mol. The third-order valence-electron chi connectivity index (χ3n) is 3.30. The molecule has 0 aliphatic heterocycles. The summed E-state index contributed by atoms with van der Waals surface area (Å²) in [5.74, 6) is -0.0719. The first-order valence-electron chi connectivity index (χ1n) is 6.27. The molecule has 2 rings (SSSR count). The van der Waals surface area contributed by atoms with Gasteiger partial charge in [0.25, 0.3) is 0 Å². The van der Waals surface area contributed by atoms with Crippen molar-refractivity contribution in [3.05, 3.63) is 51.8 Å². The van der Waals surface area contributed by atoms with Crippen LogP contribution >= 0.6 is 11.6 Å². The molecule has 19 heavy (non-hydrogen) atoms. The third kappa shape index (κ3) is 2.43. The second-order valence-electron chi connectivity index (χ2n) is 4.96. The number of rotatable bonds is 3. The van der Waals surface area contributed by atoms with Gasteiger partial charge in [0.1, 0.15) is 5.69 Å². The zero-order valence-corrected chi connectivity index (χ0v) is 12.3. The van der Waals surface area contributed by atoms with Crippen LogP contribution in [0, 0.1) is 13.8 Å². The first-order chi connectivity index (χ1) is 8.93. The third-order valence-corrected chi connectivity index (χ3v) is 3.58. The molecule has 3 nitrogen and oxygen atoms in total. The van der Waals surface area contributed by atoms with Gasteiger partial charge in [-0.25, -0.2) is 0 Å². The summed E-state index contributed by atoms with van der Waals surface area (Å²) in [5.41, 5.74) is 3.23. The van der Waals surface area contributed by atoms with Crippen molar-refractivity contribution >= 4 is 17.4 Å². The molecule has 0 aliphatic carbocycles. The molecular weight excluding hydrogens is 260 g/mol. The van der Waals surface area contributed by atoms with Gasteiger partial charge < -0.3 is 0 Å². The summed E-state index contributed by atoms with van der Waals surface area (Å²) in [7, 11) is 0. The number of carbonyl (C=O) groups is 1. The number of nitrogens with zero attached hydrogens (tertiary/aromatic N) is 2. The van der Waals surface area contributed by atoms with Gasteiger partial charge in [-0.1, -0.05) is 29.8 Å². The molecule has 0 fully saturated rings. The van der Waals surface area contributed by atoms with E-state index in [-0.39, 0.29) is 11.8 Å². The minimum Gasteiger partial charge on any atom is -0.287 e. The maximum Gasteiger partial charge on any atom is 0.212 e. The lowest BCUT2D eigenvalue weighted by Crippen LogP contribution is -2.15. The highest BCUT2D eigenvalue weighted by Crippen LogP contribution is 2.24. The van der Waals surface area contributed by atoms with Crippen molar-refractivity contribution in [1.82, 2.24) is 9.78 Å². The molecule has 1 heterocycles. The van der Waals surface area contributed by atoms with Crippen LogP contribution in [0.1, 0.15) is 47.1 Å². The summed E-state index contributed by atoms with van der Waals surface area (Å²) in [6.07, 6.45) is 1.53. The van der Waals surface area contributed by atoms with E-state index in [0.717, 1.165) is 11.1 Å². The lowest BCUT2D eigenvalue weighted by molar-refractivity contribution is 0.102. The van der Waals surface area contributed by atoms with E-state index in [0.29, 0.717) is 16.3 Å². The highest BCUT2D eigenvalue weighted by molar-refractivity contribution is 6.34. The van der Waals surface area contributed by atoms with Crippen molar-refractivity contribution in [2.75, 3.05) is 0 Å². The predicted molar refractivity (Wildman–Crippen MR) is 77.0 cm³/mol. The van der Waals surface area contributed by atoms with Gasteiger partial charge in [0.15, 0.2) is 0 Å². The van der Waals surface area contributed by atoms with Crippen LogP contribution in [0.5, 0.6) is 0 Å². The van der Waals surface area contributed by atoms with Crippen molar-refractivity contribution in [3.63, 3.8) is 0 Å². The highest BCUT2D eigenvalue weighted by Gasteiger charge is 2.22.